The van der Waals surface area contributed by atoms with Gasteiger partial charge in [0.15, 0.2) is 0 Å². The van der Waals surface area contributed by atoms with Crippen molar-refractivity contribution >= 4 is 0 Å². The van der Waals surface area contributed by atoms with E-state index in [0.717, 1.165) is 23.9 Å². The second-order valence-electron chi connectivity index (χ2n) is 6.85. The Labute approximate surface area is 113 Å². The second kappa shape index (κ2) is 5.50. The van der Waals surface area contributed by atoms with Gasteiger partial charge in [-0.1, -0.05) is 20.3 Å². The number of fused-ring (bicyclic) bond motifs is 1. The van der Waals surface area contributed by atoms with Crippen LogP contribution in [0.1, 0.15) is 52.4 Å². The van der Waals surface area contributed by atoms with Crippen molar-refractivity contribution in [1.29, 1.82) is 0 Å². The molecule has 2 heterocycles. The first-order chi connectivity index (χ1) is 8.79. The van der Waals surface area contributed by atoms with Crippen molar-refractivity contribution in [3.63, 3.8) is 0 Å². The molecule has 0 N–H and O–H groups in total. The fourth-order valence-electron chi connectivity index (χ4n) is 4.85. The molecule has 0 spiro atoms. The maximum atomic E-state index is 2.87. The highest BCUT2D eigenvalue weighted by Gasteiger charge is 2.38. The van der Waals surface area contributed by atoms with Crippen molar-refractivity contribution in [1.82, 2.24) is 9.80 Å². The van der Waals surface area contributed by atoms with Crippen molar-refractivity contribution in [2.75, 3.05) is 26.2 Å². The van der Waals surface area contributed by atoms with Crippen LogP contribution >= 0.6 is 0 Å². The smallest absolute Gasteiger partial charge is 0.0223 e. The van der Waals surface area contributed by atoms with Crippen LogP contribution in [0.2, 0.25) is 0 Å². The summed E-state index contributed by atoms with van der Waals surface area (Å²) in [6.45, 7) is 10.4. The van der Waals surface area contributed by atoms with E-state index in [9.17, 15) is 0 Å². The summed E-state index contributed by atoms with van der Waals surface area (Å²) in [6.07, 6.45) is 8.63. The third-order valence-electron chi connectivity index (χ3n) is 6.01. The number of hydrogen-bond acceptors (Lipinski definition) is 2. The summed E-state index contributed by atoms with van der Waals surface area (Å²) in [5.41, 5.74) is 0. The highest BCUT2D eigenvalue weighted by atomic mass is 15.3. The van der Waals surface area contributed by atoms with Crippen LogP contribution in [-0.2, 0) is 0 Å². The standard InChI is InChI=1S/C16H30N2/c1-3-14-7-8-16(13(14)2)18-11-5-10-17-9-4-6-15(17)12-18/h13-16H,3-12H2,1-2H3. The molecule has 4 atom stereocenters. The molecular formula is C16H30N2. The molecule has 0 aromatic heterocycles. The molecule has 0 amide bonds. The third kappa shape index (κ3) is 2.34. The van der Waals surface area contributed by atoms with E-state index in [-0.39, 0.29) is 0 Å². The molecule has 0 aromatic carbocycles. The molecule has 3 rings (SSSR count). The first kappa shape index (κ1) is 12.9. The fraction of sp³-hybridized carbons (Fsp3) is 1.00. The number of rotatable bonds is 2. The van der Waals surface area contributed by atoms with Crippen LogP contribution in [0, 0.1) is 11.8 Å². The van der Waals surface area contributed by atoms with Gasteiger partial charge in [0, 0.05) is 18.6 Å². The van der Waals surface area contributed by atoms with Crippen molar-refractivity contribution in [3.05, 3.63) is 0 Å². The Kier molecular flexibility index (Phi) is 3.95. The minimum Gasteiger partial charge on any atom is -0.299 e. The van der Waals surface area contributed by atoms with E-state index in [4.69, 9.17) is 0 Å². The van der Waals surface area contributed by atoms with E-state index in [1.807, 2.05) is 0 Å². The minimum absolute atomic E-state index is 0.889. The van der Waals surface area contributed by atoms with Gasteiger partial charge in [0.25, 0.3) is 0 Å². The van der Waals surface area contributed by atoms with Gasteiger partial charge in [0.2, 0.25) is 0 Å². The van der Waals surface area contributed by atoms with E-state index in [2.05, 4.69) is 23.6 Å². The number of hydrogen-bond donors (Lipinski definition) is 0. The summed E-state index contributed by atoms with van der Waals surface area (Å²) in [7, 11) is 0. The highest BCUT2D eigenvalue weighted by Crippen LogP contribution is 2.38. The Morgan fingerprint density at radius 2 is 1.72 bits per heavy atom. The molecule has 4 unspecified atom stereocenters. The zero-order valence-electron chi connectivity index (χ0n) is 12.3. The third-order valence-corrected chi connectivity index (χ3v) is 6.01. The second-order valence-corrected chi connectivity index (χ2v) is 6.85. The Morgan fingerprint density at radius 3 is 2.50 bits per heavy atom. The Morgan fingerprint density at radius 1 is 0.944 bits per heavy atom. The molecule has 3 fully saturated rings. The Balaban J connectivity index is 1.65. The molecule has 0 radical (unpaired) electrons. The number of nitrogens with zero attached hydrogens (tertiary/aromatic N) is 2. The molecule has 3 aliphatic rings. The van der Waals surface area contributed by atoms with Gasteiger partial charge < -0.3 is 0 Å². The fourth-order valence-corrected chi connectivity index (χ4v) is 4.85. The van der Waals surface area contributed by atoms with E-state index in [1.165, 1.54) is 64.7 Å². The van der Waals surface area contributed by atoms with Crippen LogP contribution in [-0.4, -0.2) is 48.1 Å². The molecular weight excluding hydrogens is 220 g/mol. The SMILES string of the molecule is CCC1CCC(N2CCCN3CCCC3C2)C1C. The summed E-state index contributed by atoms with van der Waals surface area (Å²) in [5, 5.41) is 0. The van der Waals surface area contributed by atoms with Crippen LogP contribution in [0.3, 0.4) is 0 Å². The molecule has 18 heavy (non-hydrogen) atoms. The average Bonchev–Trinajstić information content (AvgIpc) is 2.91. The molecule has 2 heteroatoms. The van der Waals surface area contributed by atoms with Crippen LogP contribution in [0.25, 0.3) is 0 Å². The van der Waals surface area contributed by atoms with Gasteiger partial charge in [-0.2, -0.15) is 0 Å². The highest BCUT2D eigenvalue weighted by molar-refractivity contribution is 4.93. The van der Waals surface area contributed by atoms with Gasteiger partial charge in [-0.3, -0.25) is 9.80 Å². The molecule has 104 valence electrons. The van der Waals surface area contributed by atoms with E-state index >= 15 is 0 Å². The van der Waals surface area contributed by atoms with Gasteiger partial charge in [-0.15, -0.1) is 0 Å². The molecule has 0 aromatic rings. The van der Waals surface area contributed by atoms with Crippen LogP contribution in [0.15, 0.2) is 0 Å². The van der Waals surface area contributed by atoms with E-state index in [1.54, 1.807) is 0 Å². The lowest BCUT2D eigenvalue weighted by Gasteiger charge is -2.34. The lowest BCUT2D eigenvalue weighted by atomic mass is 9.92. The molecule has 2 nitrogen and oxygen atoms in total. The van der Waals surface area contributed by atoms with Gasteiger partial charge >= 0.3 is 0 Å². The first-order valence-corrected chi connectivity index (χ1v) is 8.27. The predicted molar refractivity (Wildman–Crippen MR) is 76.8 cm³/mol. The lowest BCUT2D eigenvalue weighted by Crippen LogP contribution is -2.43. The summed E-state index contributed by atoms with van der Waals surface area (Å²) in [5.74, 6) is 1.93. The predicted octanol–water partition coefficient (Wildman–Crippen LogP) is 2.98. The normalized spacial score (nSPS) is 43.0. The topological polar surface area (TPSA) is 6.48 Å². The molecule has 2 saturated heterocycles. The zero-order chi connectivity index (χ0) is 12.5. The van der Waals surface area contributed by atoms with Crippen molar-refractivity contribution in [2.45, 2.75) is 64.5 Å². The summed E-state index contributed by atoms with van der Waals surface area (Å²) in [4.78, 5) is 5.63. The monoisotopic (exact) mass is 250 g/mol. The molecule has 2 aliphatic heterocycles. The van der Waals surface area contributed by atoms with Crippen LogP contribution < -0.4 is 0 Å². The first-order valence-electron chi connectivity index (χ1n) is 8.27. The molecule has 0 bridgehead atoms. The Bertz CT molecular complexity index is 278. The minimum atomic E-state index is 0.889. The quantitative estimate of drug-likeness (QED) is 0.743. The van der Waals surface area contributed by atoms with E-state index in [0.29, 0.717) is 0 Å². The zero-order valence-corrected chi connectivity index (χ0v) is 12.3. The lowest BCUT2D eigenvalue weighted by molar-refractivity contribution is 0.139. The van der Waals surface area contributed by atoms with Gasteiger partial charge in [-0.05, 0) is 63.6 Å². The maximum Gasteiger partial charge on any atom is 0.0223 e. The van der Waals surface area contributed by atoms with Crippen molar-refractivity contribution in [3.8, 4) is 0 Å². The van der Waals surface area contributed by atoms with Crippen molar-refractivity contribution < 1.29 is 0 Å². The Hall–Kier alpha value is -0.0800. The average molecular weight is 250 g/mol. The largest absolute Gasteiger partial charge is 0.299 e. The summed E-state index contributed by atoms with van der Waals surface area (Å²) >= 11 is 0. The maximum absolute atomic E-state index is 2.87. The van der Waals surface area contributed by atoms with E-state index < -0.39 is 0 Å². The van der Waals surface area contributed by atoms with Crippen LogP contribution in [0.5, 0.6) is 0 Å². The van der Waals surface area contributed by atoms with Gasteiger partial charge in [-0.25, -0.2) is 0 Å². The van der Waals surface area contributed by atoms with Gasteiger partial charge in [0.1, 0.15) is 0 Å². The van der Waals surface area contributed by atoms with Gasteiger partial charge in [0.05, 0.1) is 0 Å². The summed E-state index contributed by atoms with van der Waals surface area (Å²) < 4.78 is 0. The molecule has 1 aliphatic carbocycles. The van der Waals surface area contributed by atoms with Crippen LogP contribution in [0.4, 0.5) is 0 Å². The summed E-state index contributed by atoms with van der Waals surface area (Å²) in [6, 6.07) is 1.79. The van der Waals surface area contributed by atoms with Crippen molar-refractivity contribution in [2.24, 2.45) is 11.8 Å². The molecule has 1 saturated carbocycles.